The molecule has 0 saturated heterocycles. The summed E-state index contributed by atoms with van der Waals surface area (Å²) in [4.78, 5) is 46.1. The quantitative estimate of drug-likeness (QED) is 0.597. The second kappa shape index (κ2) is 7.79. The first-order valence-electron chi connectivity index (χ1n) is 7.98. The predicted molar refractivity (Wildman–Crippen MR) is 102 cm³/mol. The lowest BCUT2D eigenvalue weighted by atomic mass is 10.1. The van der Waals surface area contributed by atoms with Gasteiger partial charge in [0.25, 0.3) is 5.56 Å². The van der Waals surface area contributed by atoms with Crippen LogP contribution in [0.4, 0.5) is 0 Å². The smallest absolute Gasteiger partial charge is 0.325 e. The molecule has 9 heteroatoms. The number of nitrogens with zero attached hydrogens (tertiary/aromatic N) is 1. The van der Waals surface area contributed by atoms with Crippen LogP contribution in [0.1, 0.15) is 32.9 Å². The van der Waals surface area contributed by atoms with Crippen LogP contribution in [0.5, 0.6) is 0 Å². The molecule has 1 atom stereocenters. The van der Waals surface area contributed by atoms with Gasteiger partial charge in [0.2, 0.25) is 5.91 Å². The minimum Gasteiger partial charge on any atom is -0.346 e. The van der Waals surface area contributed by atoms with E-state index in [0.717, 1.165) is 15.6 Å². The summed E-state index contributed by atoms with van der Waals surface area (Å²) >= 11 is 3.12. The largest absolute Gasteiger partial charge is 0.346 e. The molecule has 0 aliphatic heterocycles. The van der Waals surface area contributed by atoms with E-state index < -0.39 is 11.2 Å². The van der Waals surface area contributed by atoms with Crippen molar-refractivity contribution >= 4 is 28.6 Å². The van der Waals surface area contributed by atoms with Crippen LogP contribution in [-0.2, 0) is 17.6 Å². The fourth-order valence-corrected chi connectivity index (χ4v) is 4.21. The van der Waals surface area contributed by atoms with Crippen LogP contribution >= 0.6 is 22.7 Å². The van der Waals surface area contributed by atoms with Crippen LogP contribution < -0.4 is 16.6 Å². The highest BCUT2D eigenvalue weighted by Gasteiger charge is 2.20. The molecule has 0 aromatic carbocycles. The summed E-state index contributed by atoms with van der Waals surface area (Å²) in [5, 5.41) is 7.74. The Balaban J connectivity index is 1.79. The number of aromatic nitrogens is 3. The van der Waals surface area contributed by atoms with E-state index in [1.807, 2.05) is 29.8 Å². The monoisotopic (exact) mass is 390 g/mol. The molecule has 0 bridgehead atoms. The van der Waals surface area contributed by atoms with E-state index in [0.29, 0.717) is 12.1 Å². The number of H-pyrrole nitrogens is 2. The number of hydrogen-bond acceptors (Lipinski definition) is 6. The van der Waals surface area contributed by atoms with E-state index in [2.05, 4.69) is 20.3 Å². The van der Waals surface area contributed by atoms with Crippen molar-refractivity contribution in [3.63, 3.8) is 0 Å². The highest BCUT2D eigenvalue weighted by molar-refractivity contribution is 7.10. The first-order chi connectivity index (χ1) is 12.4. The zero-order valence-corrected chi connectivity index (χ0v) is 15.9. The van der Waals surface area contributed by atoms with Crippen LogP contribution in [-0.4, -0.2) is 20.9 Å². The average Bonchev–Trinajstić information content (AvgIpc) is 3.22. The Labute approximate surface area is 157 Å². The predicted octanol–water partition coefficient (Wildman–Crippen LogP) is 1.84. The fraction of sp³-hybridized carbons (Fsp3) is 0.294. The molecule has 3 rings (SSSR count). The van der Waals surface area contributed by atoms with Crippen molar-refractivity contribution in [3.05, 3.63) is 70.6 Å². The Kier molecular flexibility index (Phi) is 5.48. The summed E-state index contributed by atoms with van der Waals surface area (Å²) in [6, 6.07) is 3.72. The molecular formula is C17H18N4O3S2. The van der Waals surface area contributed by atoms with E-state index in [4.69, 9.17) is 0 Å². The fourth-order valence-electron chi connectivity index (χ4n) is 2.61. The Morgan fingerprint density at radius 2 is 2.08 bits per heavy atom. The lowest BCUT2D eigenvalue weighted by molar-refractivity contribution is -0.121. The van der Waals surface area contributed by atoms with Crippen molar-refractivity contribution in [1.82, 2.24) is 20.3 Å². The molecule has 1 amide bonds. The molecule has 0 spiro atoms. The minimum atomic E-state index is -0.578. The Morgan fingerprint density at radius 1 is 1.27 bits per heavy atom. The number of aromatic amines is 2. The second-order valence-corrected chi connectivity index (χ2v) is 7.84. The number of carbonyl (C=O) groups is 1. The molecule has 0 unspecified atom stereocenters. The molecule has 0 fully saturated rings. The number of amides is 1. The summed E-state index contributed by atoms with van der Waals surface area (Å²) in [6.07, 6.45) is 0.528. The lowest BCUT2D eigenvalue weighted by Gasteiger charge is -2.16. The van der Waals surface area contributed by atoms with Gasteiger partial charge in [-0.2, -0.15) is 0 Å². The Bertz CT molecular complexity index is 1020. The molecule has 0 aliphatic carbocycles. The maximum atomic E-state index is 12.5. The van der Waals surface area contributed by atoms with Crippen molar-refractivity contribution in [2.45, 2.75) is 32.7 Å². The van der Waals surface area contributed by atoms with Gasteiger partial charge in [-0.15, -0.1) is 22.7 Å². The molecule has 26 heavy (non-hydrogen) atoms. The number of carbonyl (C=O) groups excluding carboxylic acids is 1. The van der Waals surface area contributed by atoms with Gasteiger partial charge in [-0.05, 0) is 25.3 Å². The van der Waals surface area contributed by atoms with Gasteiger partial charge < -0.3 is 10.3 Å². The molecule has 3 N–H and O–H groups in total. The SMILES string of the molecule is Cc1csc([C@H](Cc2cccs2)NC(=O)Cc2c(C)[nH]c(=O)[nH]c2=O)n1. The number of rotatable bonds is 6. The van der Waals surface area contributed by atoms with Crippen LogP contribution in [0.2, 0.25) is 0 Å². The molecule has 3 aromatic rings. The molecule has 3 heterocycles. The number of thiazole rings is 1. The molecular weight excluding hydrogens is 372 g/mol. The molecule has 7 nitrogen and oxygen atoms in total. The van der Waals surface area contributed by atoms with Crippen molar-refractivity contribution in [2.75, 3.05) is 0 Å². The Morgan fingerprint density at radius 3 is 2.69 bits per heavy atom. The van der Waals surface area contributed by atoms with E-state index in [9.17, 15) is 14.4 Å². The molecule has 136 valence electrons. The van der Waals surface area contributed by atoms with E-state index in [1.165, 1.54) is 11.3 Å². The molecule has 0 radical (unpaired) electrons. The first-order valence-corrected chi connectivity index (χ1v) is 9.74. The van der Waals surface area contributed by atoms with E-state index in [-0.39, 0.29) is 23.9 Å². The van der Waals surface area contributed by atoms with Gasteiger partial charge in [0.1, 0.15) is 5.01 Å². The highest BCUT2D eigenvalue weighted by Crippen LogP contribution is 2.24. The van der Waals surface area contributed by atoms with E-state index >= 15 is 0 Å². The summed E-state index contributed by atoms with van der Waals surface area (Å²) in [5.74, 6) is -0.292. The van der Waals surface area contributed by atoms with Crippen molar-refractivity contribution in [2.24, 2.45) is 0 Å². The lowest BCUT2D eigenvalue weighted by Crippen LogP contribution is -2.34. The van der Waals surface area contributed by atoms with E-state index in [1.54, 1.807) is 18.3 Å². The minimum absolute atomic E-state index is 0.108. The average molecular weight is 390 g/mol. The van der Waals surface area contributed by atoms with Crippen LogP contribution in [0.25, 0.3) is 0 Å². The summed E-state index contributed by atoms with van der Waals surface area (Å²) in [6.45, 7) is 3.51. The number of nitrogens with one attached hydrogen (secondary N) is 3. The normalized spacial score (nSPS) is 12.1. The summed E-state index contributed by atoms with van der Waals surface area (Å²) in [7, 11) is 0. The van der Waals surface area contributed by atoms with Gasteiger partial charge in [-0.1, -0.05) is 6.07 Å². The van der Waals surface area contributed by atoms with Crippen molar-refractivity contribution in [1.29, 1.82) is 0 Å². The van der Waals surface area contributed by atoms with Gasteiger partial charge in [-0.25, -0.2) is 9.78 Å². The maximum Gasteiger partial charge on any atom is 0.325 e. The summed E-state index contributed by atoms with van der Waals surface area (Å²) in [5.41, 5.74) is 0.441. The first kappa shape index (κ1) is 18.3. The molecule has 0 saturated carbocycles. The van der Waals surface area contributed by atoms with Gasteiger partial charge in [0.05, 0.1) is 12.5 Å². The topological polar surface area (TPSA) is 108 Å². The number of aryl methyl sites for hydroxylation is 2. The third kappa shape index (κ3) is 4.36. The van der Waals surface area contributed by atoms with Crippen molar-refractivity contribution < 1.29 is 4.79 Å². The van der Waals surface area contributed by atoms with Gasteiger partial charge in [0.15, 0.2) is 0 Å². The van der Waals surface area contributed by atoms with Crippen LogP contribution in [0.3, 0.4) is 0 Å². The third-order valence-electron chi connectivity index (χ3n) is 3.85. The zero-order chi connectivity index (χ0) is 18.7. The zero-order valence-electron chi connectivity index (χ0n) is 14.3. The number of hydrogen-bond donors (Lipinski definition) is 3. The van der Waals surface area contributed by atoms with Crippen LogP contribution in [0.15, 0.2) is 32.5 Å². The Hall–Kier alpha value is -2.52. The molecule has 0 aliphatic rings. The van der Waals surface area contributed by atoms with Gasteiger partial charge in [0, 0.05) is 33.6 Å². The van der Waals surface area contributed by atoms with Gasteiger partial charge >= 0.3 is 5.69 Å². The third-order valence-corrected chi connectivity index (χ3v) is 5.82. The summed E-state index contributed by atoms with van der Waals surface area (Å²) < 4.78 is 0. The number of thiophene rings is 1. The second-order valence-electron chi connectivity index (χ2n) is 5.92. The van der Waals surface area contributed by atoms with Crippen LogP contribution in [0, 0.1) is 13.8 Å². The highest BCUT2D eigenvalue weighted by atomic mass is 32.1. The van der Waals surface area contributed by atoms with Gasteiger partial charge in [-0.3, -0.25) is 14.6 Å². The molecule has 3 aromatic heterocycles. The maximum absolute atomic E-state index is 12.5. The van der Waals surface area contributed by atoms with Crippen molar-refractivity contribution in [3.8, 4) is 0 Å². The standard InChI is InChI=1S/C17H18N4O3S2/c1-9-8-26-16(18-9)13(6-11-4-3-5-25-11)20-14(22)7-12-10(2)19-17(24)21-15(12)23/h3-5,8,13H,6-7H2,1-2H3,(H,20,22)(H2,19,21,23,24)/t13-/m0/s1.